The third-order valence-electron chi connectivity index (χ3n) is 6.77. The van der Waals surface area contributed by atoms with Crippen molar-refractivity contribution in [1.29, 1.82) is 0 Å². The summed E-state index contributed by atoms with van der Waals surface area (Å²) >= 11 is 6.08. The van der Waals surface area contributed by atoms with Crippen LogP contribution < -0.4 is 0 Å². The van der Waals surface area contributed by atoms with Gasteiger partial charge in [-0.15, -0.1) is 0 Å². The molecule has 172 valence electrons. The van der Waals surface area contributed by atoms with Crippen LogP contribution in [0.3, 0.4) is 0 Å². The average Bonchev–Trinajstić information content (AvgIpc) is 2.48. The molecule has 0 N–H and O–H groups in total. The maximum absolute atomic E-state index is 13.4. The Morgan fingerprint density at radius 1 is 1.09 bits per heavy atom. The first-order chi connectivity index (χ1) is 14.7. The lowest BCUT2D eigenvalue weighted by Crippen LogP contribution is -2.70. The summed E-state index contributed by atoms with van der Waals surface area (Å²) < 4.78 is 45.5. The lowest BCUT2D eigenvalue weighted by molar-refractivity contribution is -0.337. The molecule has 3 aliphatic carbocycles. The molecule has 11 heteroatoms. The van der Waals surface area contributed by atoms with Gasteiger partial charge in [-0.2, -0.15) is 18.2 Å². The summed E-state index contributed by atoms with van der Waals surface area (Å²) in [5.74, 6) is -0.0440. The molecular weight excluding hydrogens is 447 g/mol. The third-order valence-corrected chi connectivity index (χ3v) is 6.94. The highest BCUT2D eigenvalue weighted by atomic mass is 35.5. The molecule has 0 radical (unpaired) electrons. The normalized spacial score (nSPS) is 27.6. The molecule has 0 unspecified atom stereocenters. The number of hydrogen-bond donors (Lipinski definition) is 0. The summed E-state index contributed by atoms with van der Waals surface area (Å²) in [6.45, 7) is 8.09. The second kappa shape index (κ2) is 6.42. The zero-order chi connectivity index (χ0) is 23.3. The van der Waals surface area contributed by atoms with E-state index in [1.54, 1.807) is 11.8 Å². The number of aryl methyl sites for hydroxylation is 1. The predicted octanol–water partition coefficient (Wildman–Crippen LogP) is 4.70. The Hall–Kier alpha value is -2.23. The molecule has 2 aromatic rings. The van der Waals surface area contributed by atoms with Gasteiger partial charge in [0, 0.05) is 24.4 Å². The molecule has 7 nitrogen and oxygen atoms in total. The number of rotatable bonds is 2. The fraction of sp³-hybridized carbons (Fsp3) is 0.667. The van der Waals surface area contributed by atoms with E-state index in [0.29, 0.717) is 35.7 Å². The lowest BCUT2D eigenvalue weighted by atomic mass is 9.34. The topological polar surface area (TPSA) is 81.1 Å². The third kappa shape index (κ3) is 3.13. The first-order valence-corrected chi connectivity index (χ1v) is 10.9. The Morgan fingerprint density at radius 3 is 2.28 bits per heavy atom. The first kappa shape index (κ1) is 21.6. The Balaban J connectivity index is 1.43. The van der Waals surface area contributed by atoms with Gasteiger partial charge in [-0.1, -0.05) is 0 Å². The van der Waals surface area contributed by atoms with E-state index in [1.165, 1.54) is 0 Å². The molecule has 4 fully saturated rings. The fourth-order valence-electron chi connectivity index (χ4n) is 5.24. The van der Waals surface area contributed by atoms with Gasteiger partial charge < -0.3 is 9.64 Å². The minimum absolute atomic E-state index is 0.00726. The van der Waals surface area contributed by atoms with E-state index in [9.17, 15) is 18.0 Å². The maximum atomic E-state index is 13.4. The van der Waals surface area contributed by atoms with Crippen molar-refractivity contribution in [3.05, 3.63) is 22.4 Å². The van der Waals surface area contributed by atoms with Crippen LogP contribution in [0.1, 0.15) is 63.0 Å². The van der Waals surface area contributed by atoms with E-state index in [0.717, 1.165) is 0 Å². The highest BCUT2D eigenvalue weighted by Crippen LogP contribution is 2.78. The highest BCUT2D eigenvalue weighted by molar-refractivity contribution is 6.28. The van der Waals surface area contributed by atoms with E-state index in [2.05, 4.69) is 15.0 Å². The van der Waals surface area contributed by atoms with E-state index >= 15 is 0 Å². The monoisotopic (exact) mass is 469 g/mol. The van der Waals surface area contributed by atoms with Crippen LogP contribution in [0.25, 0.3) is 11.2 Å². The largest absolute Gasteiger partial charge is 0.444 e. The van der Waals surface area contributed by atoms with Crippen molar-refractivity contribution < 1.29 is 22.7 Å². The number of halogens is 4. The molecule has 3 saturated carbocycles. The number of nitrogens with zero attached hydrogens (tertiary/aromatic N) is 5. The van der Waals surface area contributed by atoms with Crippen molar-refractivity contribution in [2.45, 2.75) is 70.1 Å². The zero-order valence-electron chi connectivity index (χ0n) is 18.2. The van der Waals surface area contributed by atoms with Crippen LogP contribution in [-0.2, 0) is 10.2 Å². The van der Waals surface area contributed by atoms with Crippen LogP contribution >= 0.6 is 11.6 Å². The number of likely N-dealkylation sites (tertiary alicyclic amines) is 1. The summed E-state index contributed by atoms with van der Waals surface area (Å²) in [5, 5.41) is -0.0421. The van der Waals surface area contributed by atoms with Crippen molar-refractivity contribution >= 4 is 28.9 Å². The number of carbonyl (C=O) groups excluding carboxylic acids is 1. The molecule has 32 heavy (non-hydrogen) atoms. The summed E-state index contributed by atoms with van der Waals surface area (Å²) in [5.41, 5.74) is -0.378. The molecule has 3 heterocycles. The number of aromatic nitrogens is 4. The van der Waals surface area contributed by atoms with Gasteiger partial charge >= 0.3 is 12.3 Å². The minimum atomic E-state index is -4.22. The van der Waals surface area contributed by atoms with Crippen LogP contribution in [0, 0.1) is 12.3 Å². The van der Waals surface area contributed by atoms with Gasteiger partial charge in [-0.25, -0.2) is 19.7 Å². The molecular formula is C21H23ClF3N5O2. The van der Waals surface area contributed by atoms with E-state index in [4.69, 9.17) is 21.3 Å². The summed E-state index contributed by atoms with van der Waals surface area (Å²) in [6.07, 6.45) is -4.62. The van der Waals surface area contributed by atoms with Gasteiger partial charge in [0.1, 0.15) is 11.1 Å². The fourth-order valence-corrected chi connectivity index (χ4v) is 5.40. The number of carbonyl (C=O) groups is 1. The molecule has 0 spiro atoms. The Morgan fingerprint density at radius 2 is 1.72 bits per heavy atom. The van der Waals surface area contributed by atoms with Gasteiger partial charge in [0.15, 0.2) is 5.65 Å². The molecule has 0 atom stereocenters. The van der Waals surface area contributed by atoms with Crippen molar-refractivity contribution in [2.75, 3.05) is 13.1 Å². The molecule has 1 aliphatic heterocycles. The molecule has 2 aromatic heterocycles. The number of alkyl halides is 3. The zero-order valence-corrected chi connectivity index (χ0v) is 18.9. The van der Waals surface area contributed by atoms with Crippen LogP contribution in [-0.4, -0.2) is 55.8 Å². The summed E-state index contributed by atoms with van der Waals surface area (Å²) in [6, 6.07) is 0. The molecule has 4 aliphatic rings. The van der Waals surface area contributed by atoms with Gasteiger partial charge in [0.25, 0.3) is 0 Å². The molecule has 6 rings (SSSR count). The molecule has 2 bridgehead atoms. The van der Waals surface area contributed by atoms with Crippen LogP contribution in [0.2, 0.25) is 5.28 Å². The van der Waals surface area contributed by atoms with Gasteiger partial charge in [0.05, 0.1) is 22.5 Å². The maximum Gasteiger partial charge on any atom is 0.410 e. The quantitative estimate of drug-likeness (QED) is 0.593. The first-order valence-electron chi connectivity index (χ1n) is 10.5. The number of amides is 1. The second-order valence-electron chi connectivity index (χ2n) is 10.4. The van der Waals surface area contributed by atoms with Gasteiger partial charge in [0.2, 0.25) is 5.28 Å². The number of hydrogen-bond acceptors (Lipinski definition) is 6. The Labute approximate surface area is 187 Å². The standard InChI is InChI=1S/C21H23ClF3N5O2/c1-10-12(11-5-30(6-11)17(31)32-18(2,3)4)27-13-14(28-16(22)29-15(13)26-10)19-7-20(8-19,9-19)21(23,24)25/h11H,5-9H2,1-4H3. The average molecular weight is 470 g/mol. The van der Waals surface area contributed by atoms with E-state index < -0.39 is 22.6 Å². The summed E-state index contributed by atoms with van der Waals surface area (Å²) in [4.78, 5) is 31.6. The SMILES string of the molecule is Cc1nc2nc(Cl)nc(C34CC(C(F)(F)F)(C3)C4)c2nc1C1CN(C(=O)OC(C)(C)C)C1. The Kier molecular flexibility index (Phi) is 4.34. The van der Waals surface area contributed by atoms with Gasteiger partial charge in [-0.05, 0) is 58.6 Å². The van der Waals surface area contributed by atoms with Crippen LogP contribution in [0.15, 0.2) is 0 Å². The second-order valence-corrected chi connectivity index (χ2v) is 10.7. The van der Waals surface area contributed by atoms with E-state index in [-0.39, 0.29) is 42.2 Å². The Bertz CT molecular complexity index is 1120. The smallest absolute Gasteiger partial charge is 0.410 e. The molecule has 1 saturated heterocycles. The minimum Gasteiger partial charge on any atom is -0.444 e. The number of ether oxygens (including phenoxy) is 1. The molecule has 1 amide bonds. The van der Waals surface area contributed by atoms with Crippen molar-refractivity contribution in [3.8, 4) is 0 Å². The molecule has 0 aromatic carbocycles. The van der Waals surface area contributed by atoms with Crippen LogP contribution in [0.5, 0.6) is 0 Å². The highest BCUT2D eigenvalue weighted by Gasteiger charge is 2.79. The predicted molar refractivity (Wildman–Crippen MR) is 109 cm³/mol. The van der Waals surface area contributed by atoms with Gasteiger partial charge in [-0.3, -0.25) is 0 Å². The van der Waals surface area contributed by atoms with Crippen LogP contribution in [0.4, 0.5) is 18.0 Å². The summed E-state index contributed by atoms with van der Waals surface area (Å²) in [7, 11) is 0. The number of fused-ring (bicyclic) bond motifs is 1. The van der Waals surface area contributed by atoms with Crippen molar-refractivity contribution in [1.82, 2.24) is 24.8 Å². The van der Waals surface area contributed by atoms with Crippen molar-refractivity contribution in [2.24, 2.45) is 5.41 Å². The van der Waals surface area contributed by atoms with Crippen molar-refractivity contribution in [3.63, 3.8) is 0 Å². The van der Waals surface area contributed by atoms with E-state index in [1.807, 2.05) is 20.8 Å². The lowest BCUT2D eigenvalue weighted by Gasteiger charge is -2.70.